The Morgan fingerprint density at radius 3 is 2.71 bits per heavy atom. The number of hydrogen-bond donors (Lipinski definition) is 3. The predicted molar refractivity (Wildman–Crippen MR) is 113 cm³/mol. The fourth-order valence-corrected chi connectivity index (χ4v) is 2.87. The Balaban J connectivity index is 1.65. The van der Waals surface area contributed by atoms with Gasteiger partial charge in [0.1, 0.15) is 11.6 Å². The first kappa shape index (κ1) is 19.5. The summed E-state index contributed by atoms with van der Waals surface area (Å²) in [7, 11) is 1.69. The number of aromatic nitrogens is 2. The molecular weight excluding hydrogens is 350 g/mol. The SMILES string of the molecule is CCNC(=NCc1ccc(C)cc1OC)NCc1ncc(-c2ccccc2)[nH]1. The molecule has 0 aliphatic carbocycles. The minimum atomic E-state index is 0.534. The number of aryl methyl sites for hydroxylation is 1. The van der Waals surface area contributed by atoms with E-state index >= 15 is 0 Å². The lowest BCUT2D eigenvalue weighted by Crippen LogP contribution is -2.37. The molecule has 0 saturated carbocycles. The van der Waals surface area contributed by atoms with Crippen LogP contribution in [0.5, 0.6) is 5.75 Å². The third kappa shape index (κ3) is 5.13. The number of nitrogens with zero attached hydrogens (tertiary/aromatic N) is 2. The van der Waals surface area contributed by atoms with Gasteiger partial charge in [0.05, 0.1) is 32.1 Å². The van der Waals surface area contributed by atoms with Gasteiger partial charge in [-0.1, -0.05) is 42.5 Å². The first-order valence-electron chi connectivity index (χ1n) is 9.44. The molecule has 2 aromatic carbocycles. The van der Waals surface area contributed by atoms with Gasteiger partial charge in [-0.25, -0.2) is 9.98 Å². The second-order valence-electron chi connectivity index (χ2n) is 6.47. The van der Waals surface area contributed by atoms with Crippen LogP contribution >= 0.6 is 0 Å². The van der Waals surface area contributed by atoms with Crippen LogP contribution in [-0.2, 0) is 13.1 Å². The zero-order valence-electron chi connectivity index (χ0n) is 16.6. The number of aromatic amines is 1. The van der Waals surface area contributed by atoms with E-state index in [-0.39, 0.29) is 0 Å². The van der Waals surface area contributed by atoms with Gasteiger partial charge in [0.15, 0.2) is 5.96 Å². The average Bonchev–Trinajstić information content (AvgIpc) is 3.20. The van der Waals surface area contributed by atoms with Crippen LogP contribution in [0.1, 0.15) is 23.9 Å². The molecule has 0 amide bonds. The number of nitrogens with one attached hydrogen (secondary N) is 3. The number of H-pyrrole nitrogens is 1. The Morgan fingerprint density at radius 2 is 1.96 bits per heavy atom. The fraction of sp³-hybridized carbons (Fsp3) is 0.273. The summed E-state index contributed by atoms with van der Waals surface area (Å²) in [5.41, 5.74) is 4.34. The molecule has 0 bridgehead atoms. The molecule has 0 fully saturated rings. The van der Waals surface area contributed by atoms with Gasteiger partial charge in [0.2, 0.25) is 0 Å². The van der Waals surface area contributed by atoms with E-state index in [1.54, 1.807) is 7.11 Å². The molecule has 1 aromatic heterocycles. The van der Waals surface area contributed by atoms with E-state index in [4.69, 9.17) is 4.74 Å². The Morgan fingerprint density at radius 1 is 1.14 bits per heavy atom. The second-order valence-corrected chi connectivity index (χ2v) is 6.47. The average molecular weight is 377 g/mol. The van der Waals surface area contributed by atoms with Crippen molar-refractivity contribution in [1.82, 2.24) is 20.6 Å². The largest absolute Gasteiger partial charge is 0.496 e. The van der Waals surface area contributed by atoms with Gasteiger partial charge in [0.25, 0.3) is 0 Å². The summed E-state index contributed by atoms with van der Waals surface area (Å²) in [6.45, 7) is 5.97. The van der Waals surface area contributed by atoms with E-state index in [0.717, 1.165) is 40.9 Å². The zero-order valence-corrected chi connectivity index (χ0v) is 16.6. The number of benzene rings is 2. The third-order valence-electron chi connectivity index (χ3n) is 4.33. The molecule has 28 heavy (non-hydrogen) atoms. The van der Waals surface area contributed by atoms with Crippen LogP contribution in [0.2, 0.25) is 0 Å². The number of rotatable bonds is 7. The maximum atomic E-state index is 5.47. The van der Waals surface area contributed by atoms with Crippen molar-refractivity contribution in [2.45, 2.75) is 26.9 Å². The maximum Gasteiger partial charge on any atom is 0.191 e. The van der Waals surface area contributed by atoms with E-state index < -0.39 is 0 Å². The number of imidazole rings is 1. The zero-order chi connectivity index (χ0) is 19.8. The van der Waals surface area contributed by atoms with Gasteiger partial charge < -0.3 is 20.4 Å². The first-order chi connectivity index (χ1) is 13.7. The normalized spacial score (nSPS) is 11.3. The third-order valence-corrected chi connectivity index (χ3v) is 4.33. The van der Waals surface area contributed by atoms with Crippen LogP contribution in [0.3, 0.4) is 0 Å². The van der Waals surface area contributed by atoms with Crippen molar-refractivity contribution in [3.05, 3.63) is 71.7 Å². The van der Waals surface area contributed by atoms with Crippen molar-refractivity contribution in [2.24, 2.45) is 4.99 Å². The van der Waals surface area contributed by atoms with Gasteiger partial charge in [0, 0.05) is 12.1 Å². The minimum Gasteiger partial charge on any atom is -0.496 e. The lowest BCUT2D eigenvalue weighted by Gasteiger charge is -2.12. The van der Waals surface area contributed by atoms with Crippen LogP contribution < -0.4 is 15.4 Å². The molecule has 3 rings (SSSR count). The summed E-state index contributed by atoms with van der Waals surface area (Å²) in [4.78, 5) is 12.5. The smallest absolute Gasteiger partial charge is 0.191 e. The molecular formula is C22H27N5O. The van der Waals surface area contributed by atoms with Crippen LogP contribution in [0, 0.1) is 6.92 Å². The summed E-state index contributed by atoms with van der Waals surface area (Å²) in [5.74, 6) is 2.46. The summed E-state index contributed by atoms with van der Waals surface area (Å²) >= 11 is 0. The van der Waals surface area contributed by atoms with E-state index in [0.29, 0.717) is 13.1 Å². The van der Waals surface area contributed by atoms with E-state index in [1.165, 1.54) is 5.56 Å². The van der Waals surface area contributed by atoms with Crippen LogP contribution in [-0.4, -0.2) is 29.6 Å². The standard InChI is InChI=1S/C22H27N5O/c1-4-23-22(25-13-18-11-10-16(2)12-20(18)28-3)26-15-21-24-14-19(27-21)17-8-6-5-7-9-17/h5-12,14H,4,13,15H2,1-3H3,(H,24,27)(H2,23,25,26). The highest BCUT2D eigenvalue weighted by molar-refractivity contribution is 5.79. The van der Waals surface area contributed by atoms with Crippen LogP contribution in [0.15, 0.2) is 59.7 Å². The van der Waals surface area contributed by atoms with Gasteiger partial charge >= 0.3 is 0 Å². The molecule has 0 saturated heterocycles. The predicted octanol–water partition coefficient (Wildman–Crippen LogP) is 3.65. The van der Waals surface area contributed by atoms with Gasteiger partial charge in [-0.2, -0.15) is 0 Å². The molecule has 0 radical (unpaired) electrons. The Labute approximate surface area is 166 Å². The molecule has 6 heteroatoms. The van der Waals surface area contributed by atoms with Crippen molar-refractivity contribution in [3.8, 4) is 17.0 Å². The Hall–Kier alpha value is -3.28. The quantitative estimate of drug-likeness (QED) is 0.434. The van der Waals surface area contributed by atoms with Crippen LogP contribution in [0.4, 0.5) is 0 Å². The van der Waals surface area contributed by atoms with Gasteiger partial charge in [-0.05, 0) is 31.0 Å². The molecule has 3 N–H and O–H groups in total. The van der Waals surface area contributed by atoms with Gasteiger partial charge in [-0.15, -0.1) is 0 Å². The fourth-order valence-electron chi connectivity index (χ4n) is 2.87. The highest BCUT2D eigenvalue weighted by Gasteiger charge is 2.06. The molecule has 146 valence electrons. The Bertz CT molecular complexity index is 918. The molecule has 0 spiro atoms. The molecule has 0 aliphatic heterocycles. The molecule has 3 aromatic rings. The Kier molecular flexibility index (Phi) is 6.68. The topological polar surface area (TPSA) is 74.3 Å². The summed E-state index contributed by atoms with van der Waals surface area (Å²) < 4.78 is 5.47. The van der Waals surface area contributed by atoms with Crippen molar-refractivity contribution in [1.29, 1.82) is 0 Å². The molecule has 0 unspecified atom stereocenters. The number of aliphatic imine (C=N–C) groups is 1. The maximum absolute atomic E-state index is 5.47. The first-order valence-corrected chi connectivity index (χ1v) is 9.44. The number of guanidine groups is 1. The monoisotopic (exact) mass is 377 g/mol. The van der Waals surface area contributed by atoms with E-state index in [9.17, 15) is 0 Å². The van der Waals surface area contributed by atoms with Gasteiger partial charge in [-0.3, -0.25) is 0 Å². The molecule has 0 atom stereocenters. The highest BCUT2D eigenvalue weighted by atomic mass is 16.5. The van der Waals surface area contributed by atoms with Crippen molar-refractivity contribution >= 4 is 5.96 Å². The number of methoxy groups -OCH3 is 1. The summed E-state index contributed by atoms with van der Waals surface area (Å²) in [5, 5.41) is 6.59. The van der Waals surface area contributed by atoms with Crippen molar-refractivity contribution in [2.75, 3.05) is 13.7 Å². The van der Waals surface area contributed by atoms with Crippen molar-refractivity contribution in [3.63, 3.8) is 0 Å². The van der Waals surface area contributed by atoms with E-state index in [1.807, 2.05) is 44.3 Å². The lowest BCUT2D eigenvalue weighted by atomic mass is 10.1. The number of ether oxygens (including phenoxy) is 1. The van der Waals surface area contributed by atoms with Crippen molar-refractivity contribution < 1.29 is 4.74 Å². The molecule has 1 heterocycles. The highest BCUT2D eigenvalue weighted by Crippen LogP contribution is 2.20. The lowest BCUT2D eigenvalue weighted by molar-refractivity contribution is 0.409. The van der Waals surface area contributed by atoms with Crippen LogP contribution in [0.25, 0.3) is 11.3 Å². The minimum absolute atomic E-state index is 0.534. The second kappa shape index (κ2) is 9.60. The van der Waals surface area contributed by atoms with E-state index in [2.05, 4.69) is 49.9 Å². The number of hydrogen-bond acceptors (Lipinski definition) is 3. The summed E-state index contributed by atoms with van der Waals surface area (Å²) in [6, 6.07) is 16.3. The summed E-state index contributed by atoms with van der Waals surface area (Å²) in [6.07, 6.45) is 1.85. The molecule has 0 aliphatic rings. The molecule has 6 nitrogen and oxygen atoms in total.